The number of hydrogen-bond donors (Lipinski definition) is 2. The number of hydrogen-bond acceptors (Lipinski definition) is 3. The molecule has 114 valence electrons. The van der Waals surface area contributed by atoms with Crippen molar-refractivity contribution in [2.24, 2.45) is 5.92 Å². The Balaban J connectivity index is 1.66. The summed E-state index contributed by atoms with van der Waals surface area (Å²) < 4.78 is 6.46. The fraction of sp³-hybridized carbons (Fsp3) is 0.429. The topological polar surface area (TPSA) is 78.9 Å². The Bertz CT molecular complexity index is 506. The Morgan fingerprint density at radius 2 is 2.10 bits per heavy atom. The minimum Gasteiger partial charge on any atom is -0.492 e. The number of urea groups is 1. The minimum absolute atomic E-state index is 0.238. The lowest BCUT2D eigenvalue weighted by Gasteiger charge is -2.16. The highest BCUT2D eigenvalue weighted by Crippen LogP contribution is 2.17. The van der Waals surface area contributed by atoms with Crippen molar-refractivity contribution >= 4 is 27.9 Å². The second kappa shape index (κ2) is 7.31. The fourth-order valence-corrected chi connectivity index (χ4v) is 2.38. The van der Waals surface area contributed by atoms with Gasteiger partial charge in [0.15, 0.2) is 0 Å². The molecule has 1 unspecified atom stereocenters. The van der Waals surface area contributed by atoms with Gasteiger partial charge in [-0.25, -0.2) is 4.79 Å². The normalized spacial score (nSPS) is 17.6. The molecule has 1 aliphatic heterocycles. The van der Waals surface area contributed by atoms with Crippen LogP contribution < -0.4 is 10.1 Å². The highest BCUT2D eigenvalue weighted by Gasteiger charge is 2.30. The van der Waals surface area contributed by atoms with E-state index in [9.17, 15) is 9.59 Å². The van der Waals surface area contributed by atoms with Crippen LogP contribution >= 0.6 is 15.9 Å². The molecule has 1 aromatic carbocycles. The third-order valence-corrected chi connectivity index (χ3v) is 3.81. The third-order valence-electron chi connectivity index (χ3n) is 3.29. The standard InChI is InChI=1S/C14H17BrN2O4/c15-11-1-3-12(4-2-11)21-8-6-16-14(20)17-7-5-10(9-17)13(18)19/h1-4,10H,5-9H2,(H,16,20)(H,18,19). The number of rotatable bonds is 5. The highest BCUT2D eigenvalue weighted by atomic mass is 79.9. The molecule has 1 fully saturated rings. The molecule has 2 amide bonds. The van der Waals surface area contributed by atoms with Gasteiger partial charge in [-0.15, -0.1) is 0 Å². The maximum Gasteiger partial charge on any atom is 0.317 e. The van der Waals surface area contributed by atoms with Crippen molar-refractivity contribution in [1.29, 1.82) is 0 Å². The van der Waals surface area contributed by atoms with E-state index in [1.54, 1.807) is 0 Å². The van der Waals surface area contributed by atoms with Crippen LogP contribution in [0.3, 0.4) is 0 Å². The minimum atomic E-state index is -0.844. The van der Waals surface area contributed by atoms with E-state index in [1.807, 2.05) is 24.3 Å². The summed E-state index contributed by atoms with van der Waals surface area (Å²) in [7, 11) is 0. The maximum absolute atomic E-state index is 11.8. The second-order valence-corrected chi connectivity index (χ2v) is 5.72. The fourth-order valence-electron chi connectivity index (χ4n) is 2.12. The van der Waals surface area contributed by atoms with Crippen molar-refractivity contribution in [2.45, 2.75) is 6.42 Å². The van der Waals surface area contributed by atoms with Gasteiger partial charge >= 0.3 is 12.0 Å². The number of halogens is 1. The van der Waals surface area contributed by atoms with Crippen molar-refractivity contribution in [3.8, 4) is 5.75 Å². The van der Waals surface area contributed by atoms with Crippen LogP contribution in [0.15, 0.2) is 28.7 Å². The molecule has 2 N–H and O–H groups in total. The summed E-state index contributed by atoms with van der Waals surface area (Å²) in [6, 6.07) is 7.19. The predicted molar refractivity (Wildman–Crippen MR) is 80.4 cm³/mol. The summed E-state index contributed by atoms with van der Waals surface area (Å²) in [5.74, 6) is -0.557. The second-order valence-electron chi connectivity index (χ2n) is 4.80. The first-order chi connectivity index (χ1) is 10.1. The molecule has 7 heteroatoms. The van der Waals surface area contributed by atoms with Crippen LogP contribution in [0, 0.1) is 5.92 Å². The number of ether oxygens (including phenoxy) is 1. The summed E-state index contributed by atoms with van der Waals surface area (Å²) in [4.78, 5) is 24.2. The smallest absolute Gasteiger partial charge is 0.317 e. The summed E-state index contributed by atoms with van der Waals surface area (Å²) in [6.45, 7) is 1.50. The van der Waals surface area contributed by atoms with E-state index in [0.29, 0.717) is 26.1 Å². The molecule has 21 heavy (non-hydrogen) atoms. The molecule has 1 aromatic rings. The van der Waals surface area contributed by atoms with Gasteiger partial charge in [-0.1, -0.05) is 15.9 Å². The van der Waals surface area contributed by atoms with Crippen molar-refractivity contribution in [2.75, 3.05) is 26.2 Å². The molecule has 1 aliphatic rings. The molecule has 6 nitrogen and oxygen atoms in total. The monoisotopic (exact) mass is 356 g/mol. The largest absolute Gasteiger partial charge is 0.492 e. The maximum atomic E-state index is 11.8. The number of carbonyl (C=O) groups excluding carboxylic acids is 1. The van der Waals surface area contributed by atoms with Crippen LogP contribution in [0.25, 0.3) is 0 Å². The Morgan fingerprint density at radius 3 is 2.71 bits per heavy atom. The number of carboxylic acid groups (broad SMARTS) is 1. The summed E-state index contributed by atoms with van der Waals surface area (Å²) in [6.07, 6.45) is 0.512. The van der Waals surface area contributed by atoms with Crippen LogP contribution in [0.5, 0.6) is 5.75 Å². The number of nitrogens with one attached hydrogen (secondary N) is 1. The molecule has 1 heterocycles. The molecular formula is C14H17BrN2O4. The number of carboxylic acids is 1. The lowest BCUT2D eigenvalue weighted by atomic mass is 10.1. The van der Waals surface area contributed by atoms with E-state index in [0.717, 1.165) is 10.2 Å². The molecule has 2 rings (SSSR count). The molecule has 1 atom stereocenters. The van der Waals surface area contributed by atoms with Crippen LogP contribution in [-0.4, -0.2) is 48.2 Å². The van der Waals surface area contributed by atoms with Gasteiger partial charge in [0, 0.05) is 17.6 Å². The number of likely N-dealkylation sites (tertiary alicyclic amines) is 1. The molecule has 0 bridgehead atoms. The average molecular weight is 357 g/mol. The highest BCUT2D eigenvalue weighted by molar-refractivity contribution is 9.10. The van der Waals surface area contributed by atoms with E-state index in [4.69, 9.17) is 9.84 Å². The molecule has 0 aromatic heterocycles. The number of carbonyl (C=O) groups is 2. The van der Waals surface area contributed by atoms with E-state index < -0.39 is 11.9 Å². The summed E-state index contributed by atoms with van der Waals surface area (Å²) in [5, 5.41) is 11.6. The van der Waals surface area contributed by atoms with Crippen molar-refractivity contribution < 1.29 is 19.4 Å². The van der Waals surface area contributed by atoms with Gasteiger partial charge < -0.3 is 20.1 Å². The Labute approximate surface area is 131 Å². The molecule has 1 saturated heterocycles. The molecule has 0 aliphatic carbocycles. The Morgan fingerprint density at radius 1 is 1.38 bits per heavy atom. The van der Waals surface area contributed by atoms with Gasteiger partial charge in [0.2, 0.25) is 0 Å². The van der Waals surface area contributed by atoms with Gasteiger partial charge in [-0.3, -0.25) is 4.79 Å². The van der Waals surface area contributed by atoms with Crippen LogP contribution in [0.4, 0.5) is 4.79 Å². The van der Waals surface area contributed by atoms with Gasteiger partial charge in [0.1, 0.15) is 12.4 Å². The number of benzene rings is 1. The zero-order chi connectivity index (χ0) is 15.2. The molecular weight excluding hydrogens is 340 g/mol. The van der Waals surface area contributed by atoms with Crippen LogP contribution in [0.1, 0.15) is 6.42 Å². The summed E-state index contributed by atoms with van der Waals surface area (Å²) in [5.41, 5.74) is 0. The van der Waals surface area contributed by atoms with E-state index in [-0.39, 0.29) is 12.6 Å². The number of aliphatic carboxylic acids is 1. The van der Waals surface area contributed by atoms with Crippen molar-refractivity contribution in [3.05, 3.63) is 28.7 Å². The first kappa shape index (κ1) is 15.6. The van der Waals surface area contributed by atoms with E-state index in [2.05, 4.69) is 21.2 Å². The molecule has 0 saturated carbocycles. The quantitative estimate of drug-likeness (QED) is 0.790. The van der Waals surface area contributed by atoms with Gasteiger partial charge in [-0.2, -0.15) is 0 Å². The van der Waals surface area contributed by atoms with Crippen molar-refractivity contribution in [1.82, 2.24) is 10.2 Å². The predicted octanol–water partition coefficient (Wildman–Crippen LogP) is 1.94. The van der Waals surface area contributed by atoms with Crippen LogP contribution in [-0.2, 0) is 4.79 Å². The Hall–Kier alpha value is -1.76. The van der Waals surface area contributed by atoms with Gasteiger partial charge in [0.05, 0.1) is 12.5 Å². The first-order valence-corrected chi connectivity index (χ1v) is 7.49. The lowest BCUT2D eigenvalue weighted by Crippen LogP contribution is -2.40. The van der Waals surface area contributed by atoms with Crippen molar-refractivity contribution in [3.63, 3.8) is 0 Å². The average Bonchev–Trinajstić information content (AvgIpc) is 2.95. The zero-order valence-electron chi connectivity index (χ0n) is 11.4. The van der Waals surface area contributed by atoms with E-state index in [1.165, 1.54) is 4.90 Å². The van der Waals surface area contributed by atoms with Gasteiger partial charge in [-0.05, 0) is 30.7 Å². The number of amides is 2. The number of nitrogens with zero attached hydrogens (tertiary/aromatic N) is 1. The summed E-state index contributed by atoms with van der Waals surface area (Å²) >= 11 is 3.34. The first-order valence-electron chi connectivity index (χ1n) is 6.70. The third kappa shape index (κ3) is 4.63. The van der Waals surface area contributed by atoms with E-state index >= 15 is 0 Å². The zero-order valence-corrected chi connectivity index (χ0v) is 13.0. The SMILES string of the molecule is O=C(O)C1CCN(C(=O)NCCOc2ccc(Br)cc2)C1. The van der Waals surface area contributed by atoms with Gasteiger partial charge in [0.25, 0.3) is 0 Å². The molecule has 0 radical (unpaired) electrons. The van der Waals surface area contributed by atoms with Crippen LogP contribution in [0.2, 0.25) is 0 Å². The Kier molecular flexibility index (Phi) is 5.44. The molecule has 0 spiro atoms. The lowest BCUT2D eigenvalue weighted by molar-refractivity contribution is -0.141.